The number of hydrogen-bond acceptors (Lipinski definition) is 3. The minimum atomic E-state index is 0.570. The Morgan fingerprint density at radius 3 is 2.11 bits per heavy atom. The molecule has 5 rings (SSSR count). The summed E-state index contributed by atoms with van der Waals surface area (Å²) in [6, 6.07) is 25.2. The number of aromatic nitrogens is 1. The Morgan fingerprint density at radius 2 is 1.39 bits per heavy atom. The lowest BCUT2D eigenvalue weighted by molar-refractivity contribution is 0.620. The van der Waals surface area contributed by atoms with Gasteiger partial charge in [0.1, 0.15) is 5.52 Å². The van der Waals surface area contributed by atoms with Gasteiger partial charge in [0.05, 0.1) is 5.69 Å². The van der Waals surface area contributed by atoms with Crippen molar-refractivity contribution in [3.63, 3.8) is 0 Å². The zero-order chi connectivity index (χ0) is 19.1. The molecule has 0 spiro atoms. The normalized spacial score (nSPS) is 11.2. The smallest absolute Gasteiger partial charge is 0.227 e. The van der Waals surface area contributed by atoms with Crippen molar-refractivity contribution in [2.75, 3.05) is 5.32 Å². The number of nitrogens with zero attached hydrogens (tertiary/aromatic N) is 1. The molecule has 3 nitrogen and oxygen atoms in total. The SMILES string of the molecule is Clc1ccc(Nc2cc3oc(-c4ccc(Cl)cc4)nc3c3ccccc23)cc1. The standard InChI is InChI=1S/C23H14Cl2N2O/c24-15-7-5-14(6-8-15)23-27-22-19-4-2-1-3-18(19)20(13-21(22)28-23)26-17-11-9-16(25)10-12-17/h1-13,26H. The number of oxazole rings is 1. The summed E-state index contributed by atoms with van der Waals surface area (Å²) < 4.78 is 6.08. The number of halogens is 2. The summed E-state index contributed by atoms with van der Waals surface area (Å²) in [5.74, 6) is 0.570. The molecule has 0 amide bonds. The quantitative estimate of drug-likeness (QED) is 0.334. The molecule has 0 saturated carbocycles. The molecular formula is C23H14Cl2N2O. The third-order valence-electron chi connectivity index (χ3n) is 4.62. The van der Waals surface area contributed by atoms with Gasteiger partial charge < -0.3 is 9.73 Å². The van der Waals surface area contributed by atoms with Crippen molar-refractivity contribution in [2.24, 2.45) is 0 Å². The third kappa shape index (κ3) is 3.09. The zero-order valence-corrected chi connectivity index (χ0v) is 16.1. The lowest BCUT2D eigenvalue weighted by atomic mass is 10.1. The Morgan fingerprint density at radius 1 is 0.750 bits per heavy atom. The minimum Gasteiger partial charge on any atom is -0.436 e. The molecule has 0 bridgehead atoms. The molecule has 4 aromatic carbocycles. The maximum absolute atomic E-state index is 6.08. The van der Waals surface area contributed by atoms with Gasteiger partial charge >= 0.3 is 0 Å². The molecule has 136 valence electrons. The zero-order valence-electron chi connectivity index (χ0n) is 14.6. The number of benzene rings is 4. The first-order chi connectivity index (χ1) is 13.7. The average Bonchev–Trinajstić information content (AvgIpc) is 3.15. The Bertz CT molecular complexity index is 1290. The predicted octanol–water partition coefficient (Wildman–Crippen LogP) is 7.70. The summed E-state index contributed by atoms with van der Waals surface area (Å²) >= 11 is 12.0. The second-order valence-electron chi connectivity index (χ2n) is 6.47. The maximum atomic E-state index is 6.08. The molecule has 0 saturated heterocycles. The molecule has 28 heavy (non-hydrogen) atoms. The van der Waals surface area contributed by atoms with Gasteiger partial charge in [0.2, 0.25) is 5.89 Å². The van der Waals surface area contributed by atoms with E-state index < -0.39 is 0 Å². The average molecular weight is 405 g/mol. The van der Waals surface area contributed by atoms with Crippen LogP contribution in [-0.4, -0.2) is 4.98 Å². The third-order valence-corrected chi connectivity index (χ3v) is 5.12. The van der Waals surface area contributed by atoms with Crippen LogP contribution < -0.4 is 5.32 Å². The molecular weight excluding hydrogens is 391 g/mol. The van der Waals surface area contributed by atoms with Gasteiger partial charge in [0.25, 0.3) is 0 Å². The fraction of sp³-hybridized carbons (Fsp3) is 0. The van der Waals surface area contributed by atoms with Gasteiger partial charge in [-0.25, -0.2) is 4.98 Å². The predicted molar refractivity (Wildman–Crippen MR) is 117 cm³/mol. The molecule has 1 heterocycles. The van der Waals surface area contributed by atoms with Crippen LogP contribution in [0, 0.1) is 0 Å². The van der Waals surface area contributed by atoms with Crippen LogP contribution in [0.15, 0.2) is 83.3 Å². The summed E-state index contributed by atoms with van der Waals surface area (Å²) in [5.41, 5.74) is 4.34. The van der Waals surface area contributed by atoms with Crippen LogP contribution in [0.25, 0.3) is 33.3 Å². The van der Waals surface area contributed by atoms with Crippen LogP contribution in [-0.2, 0) is 0 Å². The van der Waals surface area contributed by atoms with Crippen LogP contribution in [0.3, 0.4) is 0 Å². The van der Waals surface area contributed by atoms with Gasteiger partial charge in [-0.2, -0.15) is 0 Å². The van der Waals surface area contributed by atoms with Crippen molar-refractivity contribution in [3.05, 3.63) is 88.9 Å². The summed E-state index contributed by atoms with van der Waals surface area (Å²) in [5, 5.41) is 6.94. The number of anilines is 2. The van der Waals surface area contributed by atoms with E-state index in [2.05, 4.69) is 17.4 Å². The Hall–Kier alpha value is -3.01. The Balaban J connectivity index is 1.67. The summed E-state index contributed by atoms with van der Waals surface area (Å²) in [7, 11) is 0. The molecule has 0 atom stereocenters. The summed E-state index contributed by atoms with van der Waals surface area (Å²) in [4.78, 5) is 4.75. The second kappa shape index (κ2) is 6.86. The molecule has 0 aliphatic carbocycles. The molecule has 5 aromatic rings. The van der Waals surface area contributed by atoms with E-state index >= 15 is 0 Å². The van der Waals surface area contributed by atoms with Gasteiger partial charge in [-0.05, 0) is 48.5 Å². The van der Waals surface area contributed by atoms with Crippen LogP contribution in [0.1, 0.15) is 0 Å². The van der Waals surface area contributed by atoms with E-state index in [1.54, 1.807) is 0 Å². The molecule has 0 unspecified atom stereocenters. The fourth-order valence-electron chi connectivity index (χ4n) is 3.26. The highest BCUT2D eigenvalue weighted by Gasteiger charge is 2.14. The summed E-state index contributed by atoms with van der Waals surface area (Å²) in [6.45, 7) is 0. The van der Waals surface area contributed by atoms with E-state index in [0.29, 0.717) is 15.9 Å². The number of fused-ring (bicyclic) bond motifs is 3. The van der Waals surface area contributed by atoms with Crippen molar-refractivity contribution < 1.29 is 4.42 Å². The van der Waals surface area contributed by atoms with E-state index in [9.17, 15) is 0 Å². The molecule has 0 aliphatic heterocycles. The highest BCUT2D eigenvalue weighted by molar-refractivity contribution is 6.31. The molecule has 5 heteroatoms. The highest BCUT2D eigenvalue weighted by Crippen LogP contribution is 2.36. The Labute approximate surface area is 171 Å². The topological polar surface area (TPSA) is 38.1 Å². The first kappa shape index (κ1) is 17.1. The van der Waals surface area contributed by atoms with Gasteiger partial charge in [-0.1, -0.05) is 47.5 Å². The van der Waals surface area contributed by atoms with Crippen molar-refractivity contribution >= 4 is 56.4 Å². The fourth-order valence-corrected chi connectivity index (χ4v) is 3.52. The van der Waals surface area contributed by atoms with E-state index in [0.717, 1.165) is 38.8 Å². The number of nitrogens with one attached hydrogen (secondary N) is 1. The number of rotatable bonds is 3. The van der Waals surface area contributed by atoms with Crippen LogP contribution >= 0.6 is 23.2 Å². The van der Waals surface area contributed by atoms with Crippen molar-refractivity contribution in [3.8, 4) is 11.5 Å². The highest BCUT2D eigenvalue weighted by atomic mass is 35.5. The van der Waals surface area contributed by atoms with E-state index in [4.69, 9.17) is 32.6 Å². The lowest BCUT2D eigenvalue weighted by Crippen LogP contribution is -1.91. The van der Waals surface area contributed by atoms with E-state index in [-0.39, 0.29) is 0 Å². The van der Waals surface area contributed by atoms with Gasteiger partial charge in [0.15, 0.2) is 5.58 Å². The summed E-state index contributed by atoms with van der Waals surface area (Å²) in [6.07, 6.45) is 0. The monoisotopic (exact) mass is 404 g/mol. The van der Waals surface area contributed by atoms with Crippen molar-refractivity contribution in [1.82, 2.24) is 4.98 Å². The van der Waals surface area contributed by atoms with Crippen LogP contribution in [0.4, 0.5) is 11.4 Å². The minimum absolute atomic E-state index is 0.570. The molecule has 1 aromatic heterocycles. The maximum Gasteiger partial charge on any atom is 0.227 e. The number of hydrogen-bond donors (Lipinski definition) is 1. The lowest BCUT2D eigenvalue weighted by Gasteiger charge is -2.10. The van der Waals surface area contributed by atoms with E-state index in [1.165, 1.54) is 0 Å². The van der Waals surface area contributed by atoms with Gasteiger partial charge in [-0.3, -0.25) is 0 Å². The first-order valence-corrected chi connectivity index (χ1v) is 9.54. The molecule has 0 radical (unpaired) electrons. The molecule has 0 fully saturated rings. The Kier molecular flexibility index (Phi) is 4.19. The largest absolute Gasteiger partial charge is 0.436 e. The molecule has 1 N–H and O–H groups in total. The van der Waals surface area contributed by atoms with Gasteiger partial charge in [-0.15, -0.1) is 0 Å². The van der Waals surface area contributed by atoms with Gasteiger partial charge in [0, 0.05) is 38.1 Å². The van der Waals surface area contributed by atoms with Crippen LogP contribution in [0.2, 0.25) is 10.0 Å². The molecule has 0 aliphatic rings. The van der Waals surface area contributed by atoms with Crippen molar-refractivity contribution in [1.29, 1.82) is 0 Å². The van der Waals surface area contributed by atoms with E-state index in [1.807, 2.05) is 66.7 Å². The van der Waals surface area contributed by atoms with Crippen LogP contribution in [0.5, 0.6) is 0 Å². The van der Waals surface area contributed by atoms with Crippen molar-refractivity contribution in [2.45, 2.75) is 0 Å². The second-order valence-corrected chi connectivity index (χ2v) is 7.35. The first-order valence-electron chi connectivity index (χ1n) is 8.78.